The second kappa shape index (κ2) is 4.66. The van der Waals surface area contributed by atoms with Gasteiger partial charge < -0.3 is 15.2 Å². The minimum atomic E-state index is -4.62. The van der Waals surface area contributed by atoms with Crippen LogP contribution in [0.1, 0.15) is 5.56 Å². The van der Waals surface area contributed by atoms with Crippen LogP contribution < -0.4 is 10.5 Å². The van der Waals surface area contributed by atoms with E-state index >= 15 is 0 Å². The van der Waals surface area contributed by atoms with Crippen LogP contribution in [-0.2, 0) is 15.2 Å². The molecule has 0 bridgehead atoms. The average molecular weight is 289 g/mol. The van der Waals surface area contributed by atoms with Crippen molar-refractivity contribution in [1.29, 1.82) is 0 Å². The molecule has 1 heterocycles. The largest absolute Gasteiger partial charge is 0.480 e. The maximum Gasteiger partial charge on any atom is 0.442 e. The monoisotopic (exact) mass is 289 g/mol. The number of halogens is 3. The number of nitrogens with two attached hydrogens (primary N) is 1. The molecule has 6 nitrogen and oxygen atoms in total. The van der Waals surface area contributed by atoms with E-state index in [1.807, 2.05) is 0 Å². The molecule has 0 saturated heterocycles. The lowest BCUT2D eigenvalue weighted by molar-refractivity contribution is -0.166. The van der Waals surface area contributed by atoms with E-state index in [0.717, 1.165) is 12.1 Å². The van der Waals surface area contributed by atoms with Crippen molar-refractivity contribution in [3.8, 4) is 5.75 Å². The van der Waals surface area contributed by atoms with Crippen molar-refractivity contribution < 1.29 is 27.4 Å². The molecule has 1 aromatic rings. The number of nitrogens with zero attached hydrogens (tertiary/aromatic N) is 2. The number of benzene rings is 1. The Morgan fingerprint density at radius 3 is 2.50 bits per heavy atom. The number of nitrogen functional groups attached to an aromatic ring is 1. The summed E-state index contributed by atoms with van der Waals surface area (Å²) in [6.07, 6.45) is -4.62. The van der Waals surface area contributed by atoms with E-state index in [9.17, 15) is 18.0 Å². The van der Waals surface area contributed by atoms with E-state index in [1.165, 1.54) is 13.2 Å². The molecule has 0 unspecified atom stereocenters. The van der Waals surface area contributed by atoms with Gasteiger partial charge in [-0.3, -0.25) is 0 Å². The van der Waals surface area contributed by atoms with Crippen LogP contribution in [0.4, 0.5) is 18.9 Å². The summed E-state index contributed by atoms with van der Waals surface area (Å²) in [5, 5.41) is 6.13. The lowest BCUT2D eigenvalue weighted by Crippen LogP contribution is -2.30. The van der Waals surface area contributed by atoms with Crippen molar-refractivity contribution in [3.05, 3.63) is 23.8 Å². The van der Waals surface area contributed by atoms with Gasteiger partial charge in [-0.15, -0.1) is 10.2 Å². The zero-order chi connectivity index (χ0) is 15.0. The van der Waals surface area contributed by atoms with Crippen molar-refractivity contribution in [1.82, 2.24) is 0 Å². The summed E-state index contributed by atoms with van der Waals surface area (Å²) in [6, 6.07) is 3.45. The minimum absolute atomic E-state index is 0.0488. The molecule has 0 aromatic heterocycles. The Hall–Kier alpha value is -2.32. The fraction of sp³-hybridized carbons (Fsp3) is 0.364. The van der Waals surface area contributed by atoms with E-state index in [0.29, 0.717) is 0 Å². The number of hydrogen-bond donors (Lipinski definition) is 1. The van der Waals surface area contributed by atoms with Crippen LogP contribution >= 0.6 is 0 Å². The van der Waals surface area contributed by atoms with E-state index in [-0.39, 0.29) is 23.6 Å². The van der Waals surface area contributed by atoms with Gasteiger partial charge in [0.15, 0.2) is 6.61 Å². The lowest BCUT2D eigenvalue weighted by atomic mass is 10.0. The third-order valence-electron chi connectivity index (χ3n) is 2.68. The Bertz CT molecular complexity index is 566. The maximum atomic E-state index is 12.8. The highest BCUT2D eigenvalue weighted by atomic mass is 19.4. The highest BCUT2D eigenvalue weighted by molar-refractivity contribution is 5.71. The molecule has 0 aliphatic carbocycles. The summed E-state index contributed by atoms with van der Waals surface area (Å²) < 4.78 is 47.8. The number of rotatable bonds is 4. The first-order valence-electron chi connectivity index (χ1n) is 5.40. The van der Waals surface area contributed by atoms with Crippen molar-refractivity contribution in [2.75, 3.05) is 19.5 Å². The van der Waals surface area contributed by atoms with Gasteiger partial charge in [0.2, 0.25) is 0 Å². The Morgan fingerprint density at radius 1 is 1.40 bits per heavy atom. The predicted octanol–water partition coefficient (Wildman–Crippen LogP) is 2.00. The number of alkyl halides is 3. The van der Waals surface area contributed by atoms with E-state index < -0.39 is 17.8 Å². The Kier molecular flexibility index (Phi) is 3.28. The van der Waals surface area contributed by atoms with Crippen LogP contribution in [0.3, 0.4) is 0 Å². The smallest absolute Gasteiger partial charge is 0.442 e. The lowest BCUT2D eigenvalue weighted by Gasteiger charge is -2.16. The fourth-order valence-electron chi connectivity index (χ4n) is 1.53. The molecule has 0 radical (unpaired) electrons. The van der Waals surface area contributed by atoms with Gasteiger partial charge in [0.25, 0.3) is 0 Å². The summed E-state index contributed by atoms with van der Waals surface area (Å²) in [5.74, 6) is -0.551. The standard InChI is InChI=1S/C11H10F3N3O3/c1-19-9(18)5-20-8-3-2-6(4-7(8)15)10(16-17-10)11(12,13)14/h2-4H,5,15H2,1H3. The van der Waals surface area contributed by atoms with Crippen molar-refractivity contribution in [2.24, 2.45) is 10.2 Å². The predicted molar refractivity (Wildman–Crippen MR) is 61.0 cm³/mol. The maximum absolute atomic E-state index is 12.8. The molecule has 2 N–H and O–H groups in total. The third kappa shape index (κ3) is 2.38. The number of esters is 1. The van der Waals surface area contributed by atoms with Crippen LogP contribution in [0.25, 0.3) is 0 Å². The third-order valence-corrected chi connectivity index (χ3v) is 2.68. The minimum Gasteiger partial charge on any atom is -0.480 e. The van der Waals surface area contributed by atoms with Gasteiger partial charge in [0.05, 0.1) is 12.8 Å². The summed E-state index contributed by atoms with van der Waals surface area (Å²) in [6.45, 7) is -0.390. The van der Waals surface area contributed by atoms with Gasteiger partial charge in [-0.25, -0.2) is 4.79 Å². The zero-order valence-electron chi connectivity index (χ0n) is 10.3. The molecule has 1 aliphatic heterocycles. The molecule has 1 aliphatic rings. The average Bonchev–Trinajstić information content (AvgIpc) is 3.17. The van der Waals surface area contributed by atoms with Crippen molar-refractivity contribution in [3.63, 3.8) is 0 Å². The summed E-state index contributed by atoms with van der Waals surface area (Å²) in [4.78, 5) is 10.9. The Morgan fingerprint density at radius 2 is 2.05 bits per heavy atom. The van der Waals surface area contributed by atoms with Gasteiger partial charge in [0.1, 0.15) is 5.75 Å². The molecule has 0 amide bonds. The number of ether oxygens (including phenoxy) is 2. The fourth-order valence-corrected chi connectivity index (χ4v) is 1.53. The van der Waals surface area contributed by atoms with E-state index in [2.05, 4.69) is 15.0 Å². The number of carbonyl (C=O) groups is 1. The van der Waals surface area contributed by atoms with Gasteiger partial charge >= 0.3 is 17.8 Å². The first kappa shape index (κ1) is 14.1. The van der Waals surface area contributed by atoms with Crippen LogP contribution in [0.15, 0.2) is 28.4 Å². The van der Waals surface area contributed by atoms with E-state index in [4.69, 9.17) is 10.5 Å². The molecular weight excluding hydrogens is 279 g/mol. The van der Waals surface area contributed by atoms with Gasteiger partial charge in [-0.2, -0.15) is 13.2 Å². The second-order valence-corrected chi connectivity index (χ2v) is 3.99. The highest BCUT2D eigenvalue weighted by Crippen LogP contribution is 2.52. The Labute approximate surface area is 111 Å². The topological polar surface area (TPSA) is 86.3 Å². The van der Waals surface area contributed by atoms with Crippen LogP contribution in [-0.4, -0.2) is 25.9 Å². The summed E-state index contributed by atoms with van der Waals surface area (Å²) in [5.41, 5.74) is 2.81. The second-order valence-electron chi connectivity index (χ2n) is 3.99. The number of anilines is 1. The Balaban J connectivity index is 2.17. The van der Waals surface area contributed by atoms with Crippen molar-refractivity contribution >= 4 is 11.7 Å². The van der Waals surface area contributed by atoms with Crippen LogP contribution in [0.5, 0.6) is 5.75 Å². The molecular formula is C11H10F3N3O3. The number of methoxy groups -OCH3 is 1. The molecule has 108 valence electrons. The quantitative estimate of drug-likeness (QED) is 0.678. The molecule has 2 rings (SSSR count). The van der Waals surface area contributed by atoms with Crippen molar-refractivity contribution in [2.45, 2.75) is 11.8 Å². The SMILES string of the molecule is COC(=O)COc1ccc(C2(C(F)(F)F)N=N2)cc1N. The molecule has 0 atom stereocenters. The summed E-state index contributed by atoms with van der Waals surface area (Å²) in [7, 11) is 1.18. The van der Waals surface area contributed by atoms with Crippen LogP contribution in [0.2, 0.25) is 0 Å². The molecule has 9 heteroatoms. The molecule has 0 spiro atoms. The van der Waals surface area contributed by atoms with Gasteiger partial charge in [0, 0.05) is 5.56 Å². The molecule has 0 saturated carbocycles. The van der Waals surface area contributed by atoms with Crippen LogP contribution in [0, 0.1) is 0 Å². The van der Waals surface area contributed by atoms with E-state index in [1.54, 1.807) is 0 Å². The first-order chi connectivity index (χ1) is 9.30. The number of carbonyl (C=O) groups excluding carboxylic acids is 1. The van der Waals surface area contributed by atoms with Gasteiger partial charge in [-0.05, 0) is 12.1 Å². The van der Waals surface area contributed by atoms with Gasteiger partial charge in [-0.1, -0.05) is 6.07 Å². The summed E-state index contributed by atoms with van der Waals surface area (Å²) >= 11 is 0. The molecule has 1 aromatic carbocycles. The number of hydrogen-bond acceptors (Lipinski definition) is 6. The normalized spacial score (nSPS) is 15.8. The highest BCUT2D eigenvalue weighted by Gasteiger charge is 2.65. The molecule has 20 heavy (non-hydrogen) atoms. The first-order valence-corrected chi connectivity index (χ1v) is 5.40. The zero-order valence-corrected chi connectivity index (χ0v) is 10.3. The molecule has 0 fully saturated rings.